The van der Waals surface area contributed by atoms with Gasteiger partial charge >= 0.3 is 0 Å². The lowest BCUT2D eigenvalue weighted by molar-refractivity contribution is 0.633. The second-order valence-electron chi connectivity index (χ2n) is 2.46. The van der Waals surface area contributed by atoms with Crippen molar-refractivity contribution >= 4 is 26.7 Å². The van der Waals surface area contributed by atoms with E-state index in [0.29, 0.717) is 5.39 Å². The molecule has 1 aromatic carbocycles. The molecule has 0 fully saturated rings. The van der Waals surface area contributed by atoms with Gasteiger partial charge in [-0.3, -0.25) is 4.98 Å². The van der Waals surface area contributed by atoms with E-state index in [-0.39, 0.29) is 5.82 Å². The molecule has 0 amide bonds. The van der Waals surface area contributed by atoms with Gasteiger partial charge in [0.1, 0.15) is 5.82 Å². The van der Waals surface area contributed by atoms with Gasteiger partial charge in [-0.2, -0.15) is 0 Å². The van der Waals surface area contributed by atoms with Gasteiger partial charge in [-0.25, -0.2) is 4.39 Å². The van der Waals surface area contributed by atoms with Crippen molar-refractivity contribution in [3.63, 3.8) is 0 Å². The number of aromatic nitrogens is 1. The van der Waals surface area contributed by atoms with Crippen LogP contribution in [-0.4, -0.2) is 4.98 Å². The highest BCUT2D eigenvalue weighted by molar-refractivity contribution is 9.10. The molecular formula is C9H5BrFN. The van der Waals surface area contributed by atoms with E-state index in [9.17, 15) is 4.39 Å². The topological polar surface area (TPSA) is 12.9 Å². The molecule has 2 aromatic rings. The summed E-state index contributed by atoms with van der Waals surface area (Å²) in [7, 11) is 0. The van der Waals surface area contributed by atoms with Crippen LogP contribution in [0.5, 0.6) is 0 Å². The molecule has 0 aliphatic carbocycles. The van der Waals surface area contributed by atoms with Gasteiger partial charge in [-0.1, -0.05) is 28.1 Å². The Hall–Kier alpha value is -0.960. The number of hydrogen-bond donors (Lipinski definition) is 0. The summed E-state index contributed by atoms with van der Waals surface area (Å²) in [5.41, 5.74) is 0. The molecule has 0 bridgehead atoms. The second kappa shape index (κ2) is 2.83. The largest absolute Gasteiger partial charge is 0.261 e. The number of fused-ring (bicyclic) bond motifs is 1. The number of halogens is 2. The van der Waals surface area contributed by atoms with E-state index in [0.717, 1.165) is 9.86 Å². The van der Waals surface area contributed by atoms with Gasteiger partial charge in [0.15, 0.2) is 0 Å². The van der Waals surface area contributed by atoms with E-state index in [1.165, 1.54) is 6.20 Å². The van der Waals surface area contributed by atoms with Crippen molar-refractivity contribution in [2.45, 2.75) is 0 Å². The van der Waals surface area contributed by atoms with Crippen molar-refractivity contribution < 1.29 is 4.39 Å². The zero-order valence-electron chi connectivity index (χ0n) is 6.09. The van der Waals surface area contributed by atoms with Crippen LogP contribution in [0.1, 0.15) is 0 Å². The normalized spacial score (nSPS) is 10.5. The maximum Gasteiger partial charge on any atom is 0.150 e. The molecule has 2 rings (SSSR count). The maximum atomic E-state index is 13.2. The van der Waals surface area contributed by atoms with Crippen molar-refractivity contribution in [2.75, 3.05) is 0 Å². The molecule has 0 aliphatic rings. The van der Waals surface area contributed by atoms with E-state index in [4.69, 9.17) is 0 Å². The van der Waals surface area contributed by atoms with Crippen LogP contribution in [0.25, 0.3) is 10.8 Å². The molecule has 0 saturated heterocycles. The van der Waals surface area contributed by atoms with Gasteiger partial charge in [-0.15, -0.1) is 0 Å². The summed E-state index contributed by atoms with van der Waals surface area (Å²) in [6.07, 6.45) is 2.86. The average Bonchev–Trinajstić information content (AvgIpc) is 2.04. The number of rotatable bonds is 0. The van der Waals surface area contributed by atoms with Crippen LogP contribution in [0, 0.1) is 5.82 Å². The number of hydrogen-bond acceptors (Lipinski definition) is 1. The molecule has 60 valence electrons. The summed E-state index contributed by atoms with van der Waals surface area (Å²) in [5, 5.41) is 1.40. The zero-order chi connectivity index (χ0) is 8.55. The molecule has 0 radical (unpaired) electrons. The Morgan fingerprint density at radius 2 is 2.08 bits per heavy atom. The minimum atomic E-state index is -0.292. The van der Waals surface area contributed by atoms with Crippen molar-refractivity contribution in [3.8, 4) is 0 Å². The molecule has 1 nitrogen and oxygen atoms in total. The minimum Gasteiger partial charge on any atom is -0.261 e. The van der Waals surface area contributed by atoms with Crippen LogP contribution in [0.2, 0.25) is 0 Å². The van der Waals surface area contributed by atoms with E-state index >= 15 is 0 Å². The Bertz CT molecular complexity index is 391. The van der Waals surface area contributed by atoms with Crippen molar-refractivity contribution in [1.82, 2.24) is 4.98 Å². The molecule has 0 atom stereocenters. The maximum absolute atomic E-state index is 13.2. The van der Waals surface area contributed by atoms with Gasteiger partial charge in [0.05, 0.1) is 6.20 Å². The molecule has 3 heteroatoms. The summed E-state index contributed by atoms with van der Waals surface area (Å²) >= 11 is 3.28. The Morgan fingerprint density at radius 1 is 1.25 bits per heavy atom. The quantitative estimate of drug-likeness (QED) is 0.672. The number of pyridine rings is 1. The Kier molecular flexibility index (Phi) is 1.81. The monoisotopic (exact) mass is 225 g/mol. The van der Waals surface area contributed by atoms with Gasteiger partial charge in [0.25, 0.3) is 0 Å². The van der Waals surface area contributed by atoms with Crippen LogP contribution in [0.15, 0.2) is 35.1 Å². The van der Waals surface area contributed by atoms with Crippen LogP contribution in [0.3, 0.4) is 0 Å². The molecule has 12 heavy (non-hydrogen) atoms. The zero-order valence-corrected chi connectivity index (χ0v) is 7.68. The third-order valence-electron chi connectivity index (χ3n) is 1.69. The van der Waals surface area contributed by atoms with Crippen LogP contribution in [0.4, 0.5) is 4.39 Å². The lowest BCUT2D eigenvalue weighted by Gasteiger charge is -1.99. The predicted octanol–water partition coefficient (Wildman–Crippen LogP) is 3.14. The van der Waals surface area contributed by atoms with Crippen molar-refractivity contribution in [1.29, 1.82) is 0 Å². The summed E-state index contributed by atoms with van der Waals surface area (Å²) in [6, 6.07) is 5.50. The highest BCUT2D eigenvalue weighted by Crippen LogP contribution is 2.24. The van der Waals surface area contributed by atoms with Crippen LogP contribution < -0.4 is 0 Å². The molecule has 0 saturated carbocycles. The van der Waals surface area contributed by atoms with Gasteiger partial charge < -0.3 is 0 Å². The van der Waals surface area contributed by atoms with Gasteiger partial charge in [0.2, 0.25) is 0 Å². The standard InChI is InChI=1S/C9H5BrFN/c10-7-3-1-2-6-4-12-5-8(11)9(6)7/h1-5H. The predicted molar refractivity (Wildman–Crippen MR) is 49.4 cm³/mol. The first kappa shape index (κ1) is 7.68. The van der Waals surface area contributed by atoms with Crippen LogP contribution in [-0.2, 0) is 0 Å². The van der Waals surface area contributed by atoms with Crippen molar-refractivity contribution in [3.05, 3.63) is 40.9 Å². The SMILES string of the molecule is Fc1cncc2cccc(Br)c12. The molecule has 1 heterocycles. The smallest absolute Gasteiger partial charge is 0.150 e. The lowest BCUT2D eigenvalue weighted by Crippen LogP contribution is -1.82. The summed E-state index contributed by atoms with van der Waals surface area (Å²) < 4.78 is 13.9. The fraction of sp³-hybridized carbons (Fsp3) is 0. The first-order valence-corrected chi connectivity index (χ1v) is 4.26. The van der Waals surface area contributed by atoms with E-state index in [2.05, 4.69) is 20.9 Å². The number of benzene rings is 1. The average molecular weight is 226 g/mol. The van der Waals surface area contributed by atoms with Crippen LogP contribution >= 0.6 is 15.9 Å². The minimum absolute atomic E-state index is 0.292. The molecule has 0 aliphatic heterocycles. The summed E-state index contributed by atoms with van der Waals surface area (Å²) in [6.45, 7) is 0. The molecule has 0 unspecified atom stereocenters. The summed E-state index contributed by atoms with van der Waals surface area (Å²) in [4.78, 5) is 3.76. The second-order valence-corrected chi connectivity index (χ2v) is 3.31. The summed E-state index contributed by atoms with van der Waals surface area (Å²) in [5.74, 6) is -0.292. The lowest BCUT2D eigenvalue weighted by atomic mass is 10.2. The Morgan fingerprint density at radius 3 is 2.83 bits per heavy atom. The van der Waals surface area contributed by atoms with E-state index in [1.807, 2.05) is 18.2 Å². The highest BCUT2D eigenvalue weighted by atomic mass is 79.9. The fourth-order valence-electron chi connectivity index (χ4n) is 1.15. The van der Waals surface area contributed by atoms with Crippen molar-refractivity contribution in [2.24, 2.45) is 0 Å². The number of nitrogens with zero attached hydrogens (tertiary/aromatic N) is 1. The van der Waals surface area contributed by atoms with Gasteiger partial charge in [-0.05, 0) is 6.07 Å². The first-order valence-electron chi connectivity index (χ1n) is 3.47. The highest BCUT2D eigenvalue weighted by Gasteiger charge is 2.02. The fourth-order valence-corrected chi connectivity index (χ4v) is 1.72. The molecule has 0 N–H and O–H groups in total. The Labute approximate surface area is 77.4 Å². The third-order valence-corrected chi connectivity index (χ3v) is 2.35. The molecule has 1 aromatic heterocycles. The van der Waals surface area contributed by atoms with E-state index in [1.54, 1.807) is 6.20 Å². The van der Waals surface area contributed by atoms with Gasteiger partial charge in [0, 0.05) is 21.4 Å². The Balaban J connectivity index is 2.96. The first-order chi connectivity index (χ1) is 5.79. The third kappa shape index (κ3) is 1.10. The molecular weight excluding hydrogens is 221 g/mol. The van der Waals surface area contributed by atoms with E-state index < -0.39 is 0 Å². The molecule has 0 spiro atoms.